The molecule has 12 nitrogen and oxygen atoms in total. The Kier molecular flexibility index (Phi) is 9.62. The lowest BCUT2D eigenvalue weighted by Crippen LogP contribution is -2.64. The van der Waals surface area contributed by atoms with Crippen LogP contribution in [0.25, 0.3) is 0 Å². The zero-order valence-corrected chi connectivity index (χ0v) is 31.0. The van der Waals surface area contributed by atoms with Gasteiger partial charge in [0.05, 0.1) is 37.1 Å². The Hall–Kier alpha value is -0.740. The highest BCUT2D eigenvalue weighted by atomic mass is 16.8. The maximum atomic E-state index is 11.3. The lowest BCUT2D eigenvalue weighted by Gasteiger charge is -2.60. The lowest BCUT2D eigenvalue weighted by molar-refractivity contribution is -0.371. The molecular formula is C39H62O12. The molecule has 4 aliphatic carbocycles. The Balaban J connectivity index is 1.05. The largest absolute Gasteiger partial charge is 0.393 e. The number of hydrogen-bond donors (Lipinski definition) is 6. The van der Waals surface area contributed by atoms with Crippen LogP contribution in [0.4, 0.5) is 0 Å². The van der Waals surface area contributed by atoms with E-state index >= 15 is 0 Å². The molecule has 0 radical (unpaired) electrons. The molecular weight excluding hydrogens is 660 g/mol. The molecule has 0 aromatic carbocycles. The molecule has 0 bridgehead atoms. The average Bonchev–Trinajstić information content (AvgIpc) is 3.54. The summed E-state index contributed by atoms with van der Waals surface area (Å²) >= 11 is 0. The fourth-order valence-electron chi connectivity index (χ4n) is 12.6. The first-order chi connectivity index (χ1) is 24.1. The van der Waals surface area contributed by atoms with E-state index in [-0.39, 0.29) is 11.5 Å². The summed E-state index contributed by atoms with van der Waals surface area (Å²) in [5.41, 5.74) is 0.900. The minimum absolute atomic E-state index is 0.130. The van der Waals surface area contributed by atoms with E-state index in [2.05, 4.69) is 33.8 Å². The van der Waals surface area contributed by atoms with E-state index < -0.39 is 84.8 Å². The van der Waals surface area contributed by atoms with Crippen LogP contribution in [0.15, 0.2) is 11.6 Å². The molecule has 8 aliphatic rings. The third kappa shape index (κ3) is 5.67. The van der Waals surface area contributed by atoms with E-state index in [0.29, 0.717) is 48.3 Å². The van der Waals surface area contributed by atoms with Gasteiger partial charge in [-0.25, -0.2) is 0 Å². The van der Waals surface area contributed by atoms with Gasteiger partial charge in [-0.05, 0) is 87.4 Å². The van der Waals surface area contributed by atoms with E-state index in [4.69, 9.17) is 28.4 Å². The van der Waals surface area contributed by atoms with Crippen molar-refractivity contribution in [2.24, 2.45) is 46.3 Å². The Labute approximate surface area is 301 Å². The van der Waals surface area contributed by atoms with Gasteiger partial charge in [0.15, 0.2) is 18.4 Å². The van der Waals surface area contributed by atoms with Gasteiger partial charge >= 0.3 is 0 Å². The van der Waals surface area contributed by atoms with E-state index in [1.165, 1.54) is 5.57 Å². The Morgan fingerprint density at radius 2 is 1.47 bits per heavy atom. The van der Waals surface area contributed by atoms with Crippen LogP contribution in [-0.2, 0) is 28.4 Å². The van der Waals surface area contributed by atoms with E-state index in [0.717, 1.165) is 45.1 Å². The summed E-state index contributed by atoms with van der Waals surface area (Å²) in [4.78, 5) is 0. The van der Waals surface area contributed by atoms with Gasteiger partial charge in [0.25, 0.3) is 0 Å². The SMILES string of the molecule is C[C@@H]1CC[C@@]2(OC1)O[C@H]1C[C@H]3[C@@H]4CC=C5C[C@@H](O)C[C@@H](O[C@@H]6O[C@H](C)[C@H](O)[C@H](O)[C@H]6O[C@@H]6O[C@@H](C)[C@H](O)[C@@H](O)[C@H]6O)[C@]5(C)[C@H]4CC[C@]3(C)[C@H]1[C@@H]2C. The Bertz CT molecular complexity index is 1320. The summed E-state index contributed by atoms with van der Waals surface area (Å²) in [6.07, 6.45) is -4.22. The summed E-state index contributed by atoms with van der Waals surface area (Å²) in [6, 6.07) is 0. The van der Waals surface area contributed by atoms with Crippen LogP contribution in [0, 0.1) is 46.3 Å². The normalized spacial score (nSPS) is 59.8. The smallest absolute Gasteiger partial charge is 0.187 e. The van der Waals surface area contributed by atoms with Gasteiger partial charge in [0, 0.05) is 24.2 Å². The summed E-state index contributed by atoms with van der Waals surface area (Å²) < 4.78 is 38.4. The monoisotopic (exact) mass is 722 g/mol. The van der Waals surface area contributed by atoms with E-state index in [1.807, 2.05) is 0 Å². The van der Waals surface area contributed by atoms with Gasteiger partial charge in [-0.2, -0.15) is 0 Å². The van der Waals surface area contributed by atoms with Gasteiger partial charge in [-0.3, -0.25) is 0 Å². The molecule has 290 valence electrons. The Morgan fingerprint density at radius 3 is 2.18 bits per heavy atom. The molecule has 1 spiro atoms. The first-order valence-corrected chi connectivity index (χ1v) is 19.8. The molecule has 0 unspecified atom stereocenters. The highest BCUT2D eigenvalue weighted by Crippen LogP contribution is 2.71. The van der Waals surface area contributed by atoms with Crippen LogP contribution < -0.4 is 0 Å². The number of ether oxygens (including phenoxy) is 6. The number of aliphatic hydroxyl groups is 6. The molecule has 51 heavy (non-hydrogen) atoms. The predicted octanol–water partition coefficient (Wildman–Crippen LogP) is 2.39. The second-order valence-corrected chi connectivity index (χ2v) is 18.3. The van der Waals surface area contributed by atoms with Crippen LogP contribution in [0.1, 0.15) is 92.9 Å². The van der Waals surface area contributed by atoms with Crippen molar-refractivity contribution in [2.45, 2.75) is 178 Å². The van der Waals surface area contributed by atoms with Crippen molar-refractivity contribution < 1.29 is 59.1 Å². The lowest BCUT2D eigenvalue weighted by atomic mass is 9.46. The molecule has 4 aliphatic heterocycles. The number of aliphatic hydroxyl groups excluding tert-OH is 6. The Morgan fingerprint density at radius 1 is 0.765 bits per heavy atom. The molecule has 7 fully saturated rings. The second kappa shape index (κ2) is 13.2. The molecule has 0 aromatic heterocycles. The van der Waals surface area contributed by atoms with E-state index in [1.54, 1.807) is 13.8 Å². The van der Waals surface area contributed by atoms with Gasteiger partial charge in [0.1, 0.15) is 36.6 Å². The summed E-state index contributed by atoms with van der Waals surface area (Å²) in [6.45, 7) is 13.4. The van der Waals surface area contributed by atoms with Crippen LogP contribution in [0.5, 0.6) is 0 Å². The number of fused-ring (bicyclic) bond motifs is 7. The summed E-state index contributed by atoms with van der Waals surface area (Å²) in [5, 5.41) is 64.8. The number of rotatable bonds is 4. The zero-order valence-electron chi connectivity index (χ0n) is 31.0. The molecule has 6 N–H and O–H groups in total. The fourth-order valence-corrected chi connectivity index (χ4v) is 12.6. The molecule has 3 saturated carbocycles. The van der Waals surface area contributed by atoms with Crippen molar-refractivity contribution in [3.05, 3.63) is 11.6 Å². The van der Waals surface area contributed by atoms with Crippen LogP contribution in [0.3, 0.4) is 0 Å². The first-order valence-electron chi connectivity index (χ1n) is 19.8. The van der Waals surface area contributed by atoms with E-state index in [9.17, 15) is 30.6 Å². The third-order valence-corrected chi connectivity index (χ3v) is 15.6. The number of hydrogen-bond acceptors (Lipinski definition) is 12. The second-order valence-electron chi connectivity index (χ2n) is 18.3. The van der Waals surface area contributed by atoms with Gasteiger partial charge in [-0.1, -0.05) is 39.3 Å². The van der Waals surface area contributed by atoms with Crippen molar-refractivity contribution in [3.63, 3.8) is 0 Å². The van der Waals surface area contributed by atoms with Gasteiger partial charge < -0.3 is 59.1 Å². The zero-order chi connectivity index (χ0) is 36.4. The number of allylic oxidation sites excluding steroid dienone is 1. The molecule has 8 rings (SSSR count). The quantitative estimate of drug-likeness (QED) is 0.234. The van der Waals surface area contributed by atoms with Crippen LogP contribution in [0.2, 0.25) is 0 Å². The molecule has 4 saturated heterocycles. The highest BCUT2D eigenvalue weighted by Gasteiger charge is 2.69. The highest BCUT2D eigenvalue weighted by molar-refractivity contribution is 5.29. The van der Waals surface area contributed by atoms with Crippen molar-refractivity contribution in [1.29, 1.82) is 0 Å². The van der Waals surface area contributed by atoms with Crippen molar-refractivity contribution in [1.82, 2.24) is 0 Å². The fraction of sp³-hybridized carbons (Fsp3) is 0.949. The molecule has 22 atom stereocenters. The van der Waals surface area contributed by atoms with Gasteiger partial charge in [-0.15, -0.1) is 0 Å². The minimum atomic E-state index is -1.61. The standard InChI is InChI=1S/C39H62O12/c1-17-9-12-39(46-16-17)18(2)28-26(51-39)15-25-23-8-7-21-13-22(40)14-27(38(21,6)24(23)10-11-37(25,28)5)49-36-34(32(44)30(42)20(4)48-36)50-35-33(45)31(43)29(41)19(3)47-35/h7,17-20,22-36,40-45H,8-16H2,1-6H3/t17-,18+,19+,20-,22-,23-,24+,25+,26+,27-,28+,29+,30+,31-,32+,33-,34-,35+,36+,37+,38+,39-/m1/s1. The van der Waals surface area contributed by atoms with Crippen LogP contribution in [-0.4, -0.2) is 123 Å². The molecule has 0 aromatic rings. The molecule has 0 amide bonds. The predicted molar refractivity (Wildman–Crippen MR) is 182 cm³/mol. The van der Waals surface area contributed by atoms with Crippen molar-refractivity contribution in [2.75, 3.05) is 6.61 Å². The third-order valence-electron chi connectivity index (χ3n) is 15.6. The summed E-state index contributed by atoms with van der Waals surface area (Å²) in [7, 11) is 0. The molecule has 4 heterocycles. The topological polar surface area (TPSA) is 177 Å². The first kappa shape index (κ1) is 37.2. The summed E-state index contributed by atoms with van der Waals surface area (Å²) in [5.74, 6) is 2.06. The van der Waals surface area contributed by atoms with Gasteiger partial charge in [0.2, 0.25) is 0 Å². The molecule has 12 heteroatoms. The average molecular weight is 723 g/mol. The van der Waals surface area contributed by atoms with Crippen molar-refractivity contribution in [3.8, 4) is 0 Å². The maximum Gasteiger partial charge on any atom is 0.187 e. The maximum absolute atomic E-state index is 11.3. The van der Waals surface area contributed by atoms with Crippen LogP contribution >= 0.6 is 0 Å². The minimum Gasteiger partial charge on any atom is -0.393 e. The van der Waals surface area contributed by atoms with Crippen molar-refractivity contribution >= 4 is 0 Å².